The van der Waals surface area contributed by atoms with E-state index in [1.54, 1.807) is 44.2 Å². The molecule has 7 amide bonds. The van der Waals surface area contributed by atoms with E-state index in [2.05, 4.69) is 36.9 Å². The summed E-state index contributed by atoms with van der Waals surface area (Å²) < 4.78 is 5.56. The lowest BCUT2D eigenvalue weighted by molar-refractivity contribution is -0.155. The van der Waals surface area contributed by atoms with Crippen LogP contribution in [0.5, 0.6) is 0 Å². The van der Waals surface area contributed by atoms with E-state index in [0.717, 1.165) is 57.8 Å². The van der Waals surface area contributed by atoms with Crippen molar-refractivity contribution in [3.05, 3.63) is 35.9 Å². The quantitative estimate of drug-likeness (QED) is 0.0298. The molecule has 1 saturated heterocycles. The van der Waals surface area contributed by atoms with Crippen molar-refractivity contribution in [2.45, 2.75) is 179 Å². The Morgan fingerprint density at radius 2 is 1.23 bits per heavy atom. The summed E-state index contributed by atoms with van der Waals surface area (Å²) in [7, 11) is 0. The van der Waals surface area contributed by atoms with E-state index in [1.807, 2.05) is 0 Å². The molecule has 0 bridgehead atoms. The molecule has 9 atom stereocenters. The number of aliphatic imine (C=N–C) groups is 1. The van der Waals surface area contributed by atoms with Crippen molar-refractivity contribution < 1.29 is 53.3 Å². The van der Waals surface area contributed by atoms with Gasteiger partial charge in [0.05, 0.1) is 25.0 Å². The third-order valence-electron chi connectivity index (χ3n) is 11.0. The SMILES string of the molecule is CC(C)[C@H]1NC(=O)[C@@H](NC(=O)CC(O)CCCCCCCCCCCCN=C(N)N)[C@@H](C)OC(=O)[C@@H](C)NC(=O)[C@@H](CC(N)=O)NC(=O)[C@@H]([C@@H](C)O)NC(=O)[C@H](Cc2ccccc2)NC1=O. The van der Waals surface area contributed by atoms with Crippen LogP contribution in [0.1, 0.15) is 124 Å². The zero-order valence-corrected chi connectivity index (χ0v) is 39.0. The lowest BCUT2D eigenvalue weighted by Gasteiger charge is -2.30. The first kappa shape index (κ1) is 56.3. The van der Waals surface area contributed by atoms with Crippen molar-refractivity contribution in [1.29, 1.82) is 0 Å². The van der Waals surface area contributed by atoms with Gasteiger partial charge in [-0.3, -0.25) is 38.6 Å². The fourth-order valence-electron chi connectivity index (χ4n) is 7.21. The summed E-state index contributed by atoms with van der Waals surface area (Å²) in [5, 5.41) is 36.2. The number of ether oxygens (including phenoxy) is 1. The predicted molar refractivity (Wildman–Crippen MR) is 245 cm³/mol. The summed E-state index contributed by atoms with van der Waals surface area (Å²) in [4.78, 5) is 112. The summed E-state index contributed by atoms with van der Waals surface area (Å²) in [5.74, 6) is -8.16. The third-order valence-corrected chi connectivity index (χ3v) is 11.0. The maximum atomic E-state index is 14.1. The minimum atomic E-state index is -1.71. The summed E-state index contributed by atoms with van der Waals surface area (Å²) in [6.07, 6.45) is 5.09. The number of nitrogens with zero attached hydrogens (tertiary/aromatic N) is 1. The van der Waals surface area contributed by atoms with Crippen molar-refractivity contribution in [3.8, 4) is 0 Å². The largest absolute Gasteiger partial charge is 0.458 e. The molecular weight excluding hydrogens is 857 g/mol. The molecule has 1 aromatic carbocycles. The molecule has 1 unspecified atom stereocenters. The van der Waals surface area contributed by atoms with Crippen molar-refractivity contribution in [1.82, 2.24) is 31.9 Å². The van der Waals surface area contributed by atoms with E-state index >= 15 is 0 Å². The molecule has 2 rings (SSSR count). The predicted octanol–water partition coefficient (Wildman–Crippen LogP) is -0.669. The number of primary amides is 1. The molecule has 370 valence electrons. The Balaban J connectivity index is 2.29. The van der Waals surface area contributed by atoms with Gasteiger partial charge in [0.1, 0.15) is 42.4 Å². The monoisotopic (exact) mass is 931 g/mol. The number of hydrogen-bond donors (Lipinski definition) is 11. The van der Waals surface area contributed by atoms with Gasteiger partial charge in [0.2, 0.25) is 41.4 Å². The Morgan fingerprint density at radius 3 is 1.79 bits per heavy atom. The number of nitrogens with one attached hydrogen (secondary N) is 6. The second kappa shape index (κ2) is 29.7. The molecule has 1 aliphatic heterocycles. The molecule has 21 nitrogen and oxygen atoms in total. The van der Waals surface area contributed by atoms with Gasteiger partial charge in [0, 0.05) is 13.0 Å². The number of benzene rings is 1. The fourth-order valence-corrected chi connectivity index (χ4v) is 7.21. The Labute approximate surface area is 387 Å². The van der Waals surface area contributed by atoms with Crippen LogP contribution in [0.25, 0.3) is 0 Å². The van der Waals surface area contributed by atoms with E-state index in [-0.39, 0.29) is 18.8 Å². The number of guanidine groups is 1. The van der Waals surface area contributed by atoms with Gasteiger partial charge in [-0.05, 0) is 45.1 Å². The number of esters is 1. The standard InChI is InChI=1S/C45H74N10O11/c1-26(2)36-41(62)51-32(23-30-19-15-14-16-20-30)40(61)55-37(28(4)56)42(63)52-33(25-34(46)58)39(60)50-27(3)44(65)66-29(5)38(43(64)54-36)53-35(59)24-31(57)21-17-12-10-8-6-7-9-11-13-18-22-49-45(47)48/h14-16,19-20,26-29,31-33,36-38,56-57H,6-13,17-18,21-25H2,1-5H3,(H2,46,58)(H,50,60)(H,51,62)(H,52,63)(H,53,59)(H,54,64)(H,55,61)(H4,47,48,49)/t27-,28-,29-,31?,32+,33-,36-,37-,38+/m1/s1. The van der Waals surface area contributed by atoms with Crippen LogP contribution >= 0.6 is 0 Å². The van der Waals surface area contributed by atoms with Gasteiger partial charge in [-0.2, -0.15) is 0 Å². The lowest BCUT2D eigenvalue weighted by Crippen LogP contribution is -2.62. The van der Waals surface area contributed by atoms with Crippen molar-refractivity contribution in [2.24, 2.45) is 28.1 Å². The number of unbranched alkanes of at least 4 members (excludes halogenated alkanes) is 9. The third kappa shape index (κ3) is 21.4. The average molecular weight is 931 g/mol. The molecule has 1 aliphatic rings. The Kier molecular flexibility index (Phi) is 25.3. The van der Waals surface area contributed by atoms with Gasteiger partial charge in [0.25, 0.3) is 0 Å². The van der Waals surface area contributed by atoms with Gasteiger partial charge < -0.3 is 64.1 Å². The highest BCUT2D eigenvalue weighted by atomic mass is 16.5. The molecular formula is C45H74N10O11. The van der Waals surface area contributed by atoms with E-state index in [4.69, 9.17) is 21.9 Å². The number of nitrogens with two attached hydrogens (primary N) is 3. The van der Waals surface area contributed by atoms with Crippen molar-refractivity contribution >= 4 is 53.3 Å². The summed E-state index contributed by atoms with van der Waals surface area (Å²) in [5.41, 5.74) is 16.6. The molecule has 1 heterocycles. The molecule has 66 heavy (non-hydrogen) atoms. The van der Waals surface area contributed by atoms with Crippen molar-refractivity contribution in [3.63, 3.8) is 0 Å². The van der Waals surface area contributed by atoms with Gasteiger partial charge >= 0.3 is 5.97 Å². The minimum absolute atomic E-state index is 0.103. The highest BCUT2D eigenvalue weighted by molar-refractivity contribution is 5.98. The molecule has 1 aromatic rings. The van der Waals surface area contributed by atoms with E-state index in [0.29, 0.717) is 24.9 Å². The Hall–Kier alpha value is -5.83. The van der Waals surface area contributed by atoms with E-state index in [1.165, 1.54) is 20.8 Å². The van der Waals surface area contributed by atoms with Gasteiger partial charge in [-0.15, -0.1) is 0 Å². The summed E-state index contributed by atoms with van der Waals surface area (Å²) in [6.45, 7) is 7.63. The maximum absolute atomic E-state index is 14.1. The fraction of sp³-hybridized carbons (Fsp3) is 0.667. The first-order valence-corrected chi connectivity index (χ1v) is 23.0. The first-order chi connectivity index (χ1) is 31.2. The van der Waals surface area contributed by atoms with Gasteiger partial charge in [0.15, 0.2) is 5.96 Å². The highest BCUT2D eigenvalue weighted by Crippen LogP contribution is 2.15. The number of carbonyl (C=O) groups excluding carboxylic acids is 8. The van der Waals surface area contributed by atoms with Crippen LogP contribution in [0.15, 0.2) is 35.3 Å². The zero-order valence-electron chi connectivity index (χ0n) is 39.0. The Morgan fingerprint density at radius 1 is 0.697 bits per heavy atom. The minimum Gasteiger partial charge on any atom is -0.458 e. The number of cyclic esters (lactones) is 1. The van der Waals surface area contributed by atoms with Crippen molar-refractivity contribution in [2.75, 3.05) is 6.54 Å². The number of amides is 7. The van der Waals surface area contributed by atoms with Crippen LogP contribution in [-0.2, 0) is 49.5 Å². The highest BCUT2D eigenvalue weighted by Gasteiger charge is 2.38. The molecule has 0 spiro atoms. The number of aliphatic hydroxyl groups excluding tert-OH is 2. The molecule has 0 aromatic heterocycles. The smallest absolute Gasteiger partial charge is 0.328 e. The molecule has 21 heteroatoms. The molecule has 0 radical (unpaired) electrons. The molecule has 1 fully saturated rings. The van der Waals surface area contributed by atoms with Crippen LogP contribution in [0.2, 0.25) is 0 Å². The molecule has 14 N–H and O–H groups in total. The molecule has 0 saturated carbocycles. The first-order valence-electron chi connectivity index (χ1n) is 23.0. The zero-order chi connectivity index (χ0) is 49.3. The Bertz CT molecular complexity index is 1780. The maximum Gasteiger partial charge on any atom is 0.328 e. The number of carbonyl (C=O) groups is 8. The van der Waals surface area contributed by atoms with E-state index < -0.39 is 114 Å². The number of aliphatic hydroxyl groups is 2. The summed E-state index contributed by atoms with van der Waals surface area (Å²) >= 11 is 0. The van der Waals surface area contributed by atoms with Crippen LogP contribution in [0, 0.1) is 5.92 Å². The van der Waals surface area contributed by atoms with Crippen LogP contribution in [0.3, 0.4) is 0 Å². The lowest BCUT2D eigenvalue weighted by atomic mass is 9.99. The second-order valence-electron chi connectivity index (χ2n) is 17.3. The topological polar surface area (TPSA) is 349 Å². The van der Waals surface area contributed by atoms with Crippen LogP contribution < -0.4 is 49.1 Å². The normalized spacial score (nSPS) is 23.5. The average Bonchev–Trinajstić information content (AvgIpc) is 3.24. The van der Waals surface area contributed by atoms with Gasteiger partial charge in [-0.25, -0.2) is 4.79 Å². The van der Waals surface area contributed by atoms with Crippen LogP contribution in [-0.4, -0.2) is 125 Å². The van der Waals surface area contributed by atoms with Crippen LogP contribution in [0.4, 0.5) is 0 Å². The summed E-state index contributed by atoms with van der Waals surface area (Å²) in [6, 6.07) is -0.637. The van der Waals surface area contributed by atoms with E-state index in [9.17, 15) is 48.6 Å². The second-order valence-corrected chi connectivity index (χ2v) is 17.3. The number of hydrogen-bond acceptors (Lipinski definition) is 12. The van der Waals surface area contributed by atoms with Gasteiger partial charge in [-0.1, -0.05) is 102 Å². The molecule has 0 aliphatic carbocycles. The number of rotatable bonds is 22.